The van der Waals surface area contributed by atoms with Crippen LogP contribution in [0.15, 0.2) is 88.8 Å². The van der Waals surface area contributed by atoms with Gasteiger partial charge in [-0.1, -0.05) is 48.5 Å². The average Bonchev–Trinajstić information content (AvgIpc) is 3.21. The summed E-state index contributed by atoms with van der Waals surface area (Å²) < 4.78 is 13.9. The predicted octanol–water partition coefficient (Wildman–Crippen LogP) is 7.53. The fraction of sp³-hybridized carbons (Fsp3) is 0.0714. The average molecular weight is 718 g/mol. The first-order chi connectivity index (χ1) is 17.5. The summed E-state index contributed by atoms with van der Waals surface area (Å²) in [6, 6.07) is 26.2. The van der Waals surface area contributed by atoms with E-state index in [1.54, 1.807) is 7.11 Å². The maximum Gasteiger partial charge on any atom is 0.264 e. The Hall–Kier alpha value is -2.57. The highest BCUT2D eigenvalue weighted by Crippen LogP contribution is 2.37. The lowest BCUT2D eigenvalue weighted by atomic mass is 10.1. The van der Waals surface area contributed by atoms with Gasteiger partial charge in [0.15, 0.2) is 16.7 Å². The van der Waals surface area contributed by atoms with Gasteiger partial charge in [-0.05, 0) is 115 Å². The van der Waals surface area contributed by atoms with E-state index >= 15 is 0 Å². The van der Waals surface area contributed by atoms with Crippen LogP contribution in [-0.2, 0) is 11.4 Å². The lowest BCUT2D eigenvalue weighted by molar-refractivity contribution is -0.115. The molecule has 5 rings (SSSR count). The fourth-order valence-corrected chi connectivity index (χ4v) is 5.98. The zero-order chi connectivity index (χ0) is 25.1. The molecule has 1 aliphatic heterocycles. The molecular weight excluding hydrogens is 698 g/mol. The summed E-state index contributed by atoms with van der Waals surface area (Å²) in [5.41, 5.74) is 2.76. The van der Waals surface area contributed by atoms with Crippen molar-refractivity contribution in [2.45, 2.75) is 6.61 Å². The van der Waals surface area contributed by atoms with Gasteiger partial charge in [0.05, 0.1) is 21.3 Å². The van der Waals surface area contributed by atoms with Crippen molar-refractivity contribution in [3.8, 4) is 11.5 Å². The number of halogens is 2. The zero-order valence-electron chi connectivity index (χ0n) is 19.1. The number of aliphatic imine (C=N–C) groups is 1. The van der Waals surface area contributed by atoms with Gasteiger partial charge in [0.2, 0.25) is 0 Å². The third-order valence-electron chi connectivity index (χ3n) is 5.49. The summed E-state index contributed by atoms with van der Waals surface area (Å²) in [6.07, 6.45) is 1.84. The van der Waals surface area contributed by atoms with Crippen molar-refractivity contribution < 1.29 is 14.3 Å². The Morgan fingerprint density at radius 1 is 1.00 bits per heavy atom. The van der Waals surface area contributed by atoms with Crippen LogP contribution in [-0.4, -0.2) is 18.2 Å². The Kier molecular flexibility index (Phi) is 7.82. The van der Waals surface area contributed by atoms with E-state index in [1.807, 2.05) is 60.7 Å². The largest absolute Gasteiger partial charge is 0.493 e. The smallest absolute Gasteiger partial charge is 0.264 e. The molecule has 5 nitrogen and oxygen atoms in total. The molecule has 0 unspecified atom stereocenters. The number of carbonyl (C=O) groups excluding carboxylic acids is 1. The van der Waals surface area contributed by atoms with Gasteiger partial charge in [-0.3, -0.25) is 4.79 Å². The Balaban J connectivity index is 1.37. The van der Waals surface area contributed by atoms with Crippen LogP contribution in [0.1, 0.15) is 11.1 Å². The number of fused-ring (bicyclic) bond motifs is 1. The second kappa shape index (κ2) is 11.2. The number of amides is 1. The van der Waals surface area contributed by atoms with Crippen molar-refractivity contribution >= 4 is 90.6 Å². The van der Waals surface area contributed by atoms with Gasteiger partial charge in [0.25, 0.3) is 5.91 Å². The Labute approximate surface area is 240 Å². The Morgan fingerprint density at radius 2 is 1.81 bits per heavy atom. The summed E-state index contributed by atoms with van der Waals surface area (Å²) >= 11 is 5.81. The van der Waals surface area contributed by atoms with E-state index in [4.69, 9.17) is 9.47 Å². The summed E-state index contributed by atoms with van der Waals surface area (Å²) in [5.74, 6) is 1.12. The van der Waals surface area contributed by atoms with Gasteiger partial charge in [-0.15, -0.1) is 0 Å². The van der Waals surface area contributed by atoms with Gasteiger partial charge in [-0.2, -0.15) is 0 Å². The first-order valence-corrected chi connectivity index (χ1v) is 14.0. The molecule has 0 aromatic heterocycles. The van der Waals surface area contributed by atoms with E-state index in [0.29, 0.717) is 28.2 Å². The summed E-state index contributed by atoms with van der Waals surface area (Å²) in [4.78, 5) is 17.7. The Bertz CT molecular complexity index is 1530. The predicted molar refractivity (Wildman–Crippen MR) is 164 cm³/mol. The molecule has 8 heteroatoms. The molecule has 180 valence electrons. The van der Waals surface area contributed by atoms with E-state index in [9.17, 15) is 4.79 Å². The second-order valence-corrected chi connectivity index (χ2v) is 11.4. The topological polar surface area (TPSA) is 59.9 Å². The fourth-order valence-electron chi connectivity index (χ4n) is 3.83. The maximum absolute atomic E-state index is 12.6. The van der Waals surface area contributed by atoms with E-state index < -0.39 is 0 Å². The van der Waals surface area contributed by atoms with Crippen LogP contribution >= 0.6 is 56.9 Å². The highest BCUT2D eigenvalue weighted by atomic mass is 127. The SMILES string of the molecule is COc1cc(/C=C2/SC(=Nc3cccc(I)c3)NC2=O)cc(I)c1OCc1cccc2ccccc12. The maximum atomic E-state index is 12.6. The molecule has 0 spiro atoms. The normalized spacial score (nSPS) is 15.5. The number of ether oxygens (including phenoxy) is 2. The van der Waals surface area contributed by atoms with Crippen molar-refractivity contribution in [2.75, 3.05) is 7.11 Å². The number of hydrogen-bond donors (Lipinski definition) is 1. The molecule has 1 saturated heterocycles. The molecule has 0 bridgehead atoms. The summed E-state index contributed by atoms with van der Waals surface area (Å²) in [6.45, 7) is 0.421. The number of hydrogen-bond acceptors (Lipinski definition) is 5. The van der Waals surface area contributed by atoms with Crippen molar-refractivity contribution in [1.29, 1.82) is 0 Å². The van der Waals surface area contributed by atoms with Gasteiger partial charge in [0.1, 0.15) is 6.61 Å². The molecule has 1 heterocycles. The highest BCUT2D eigenvalue weighted by Gasteiger charge is 2.24. The van der Waals surface area contributed by atoms with Crippen LogP contribution in [0.25, 0.3) is 16.8 Å². The lowest BCUT2D eigenvalue weighted by Gasteiger charge is -2.15. The van der Waals surface area contributed by atoms with Crippen LogP contribution in [0.2, 0.25) is 0 Å². The number of benzene rings is 4. The van der Waals surface area contributed by atoms with E-state index in [0.717, 1.165) is 24.0 Å². The minimum Gasteiger partial charge on any atom is -0.493 e. The second-order valence-electron chi connectivity index (χ2n) is 7.92. The molecule has 1 fully saturated rings. The molecule has 1 N–H and O–H groups in total. The van der Waals surface area contributed by atoms with Gasteiger partial charge in [0, 0.05) is 3.57 Å². The molecular formula is C28H20I2N2O3S. The molecule has 0 atom stereocenters. The quantitative estimate of drug-likeness (QED) is 0.166. The molecule has 0 saturated carbocycles. The van der Waals surface area contributed by atoms with Gasteiger partial charge in [-0.25, -0.2) is 4.99 Å². The van der Waals surface area contributed by atoms with Gasteiger partial charge >= 0.3 is 0 Å². The van der Waals surface area contributed by atoms with Crippen molar-refractivity contribution in [3.63, 3.8) is 0 Å². The molecule has 36 heavy (non-hydrogen) atoms. The minimum atomic E-state index is -0.172. The lowest BCUT2D eigenvalue weighted by Crippen LogP contribution is -2.19. The number of methoxy groups -OCH3 is 1. The third kappa shape index (κ3) is 5.70. The number of nitrogens with one attached hydrogen (secondary N) is 1. The zero-order valence-corrected chi connectivity index (χ0v) is 24.3. The van der Waals surface area contributed by atoms with Gasteiger partial charge < -0.3 is 14.8 Å². The van der Waals surface area contributed by atoms with Crippen molar-refractivity contribution in [1.82, 2.24) is 5.32 Å². The Morgan fingerprint density at radius 3 is 2.64 bits per heavy atom. The van der Waals surface area contributed by atoms with E-state index in [1.165, 1.54) is 22.5 Å². The van der Waals surface area contributed by atoms with Crippen LogP contribution in [0, 0.1) is 7.14 Å². The number of nitrogens with zero attached hydrogens (tertiary/aromatic N) is 1. The molecule has 1 aliphatic rings. The number of rotatable bonds is 6. The monoisotopic (exact) mass is 718 g/mol. The molecule has 4 aromatic rings. The van der Waals surface area contributed by atoms with Crippen LogP contribution in [0.4, 0.5) is 5.69 Å². The summed E-state index contributed by atoms with van der Waals surface area (Å²) in [5, 5.41) is 5.75. The molecule has 0 radical (unpaired) electrons. The minimum absolute atomic E-state index is 0.172. The van der Waals surface area contributed by atoms with Crippen molar-refractivity contribution in [3.05, 3.63) is 102 Å². The standard InChI is InChI=1S/C28H20I2N2O3S/c1-34-24-13-17(14-25-27(33)32-28(36-25)31-21-10-5-9-20(29)15-21)12-23(30)26(24)35-16-19-8-4-7-18-6-2-3-11-22(18)19/h2-15H,16H2,1H3,(H,31,32,33)/b25-14+. The van der Waals surface area contributed by atoms with Crippen LogP contribution in [0.5, 0.6) is 11.5 Å². The van der Waals surface area contributed by atoms with E-state index in [-0.39, 0.29) is 5.91 Å². The van der Waals surface area contributed by atoms with Crippen LogP contribution in [0.3, 0.4) is 0 Å². The first-order valence-electron chi connectivity index (χ1n) is 11.0. The molecule has 1 amide bonds. The first kappa shape index (κ1) is 25.1. The molecule has 0 aliphatic carbocycles. The molecule has 4 aromatic carbocycles. The van der Waals surface area contributed by atoms with Crippen molar-refractivity contribution in [2.24, 2.45) is 4.99 Å². The number of amidine groups is 1. The number of carbonyl (C=O) groups is 1. The third-order valence-corrected chi connectivity index (χ3v) is 7.87. The van der Waals surface area contributed by atoms with E-state index in [2.05, 4.69) is 79.8 Å². The highest BCUT2D eigenvalue weighted by molar-refractivity contribution is 14.1. The van der Waals surface area contributed by atoms with Crippen LogP contribution < -0.4 is 14.8 Å². The number of thioether (sulfide) groups is 1. The summed E-state index contributed by atoms with van der Waals surface area (Å²) in [7, 11) is 1.62.